The van der Waals surface area contributed by atoms with Crippen molar-refractivity contribution in [3.63, 3.8) is 0 Å². The molecule has 0 aliphatic carbocycles. The standard InChI is InChI=1S/C12H15N/c1-4-9-13-11(3)12-7-5-10(2)6-8-12/h1,5-8,11,13H,9H2,2-3H3/t11-/m1/s1. The van der Waals surface area contributed by atoms with Gasteiger partial charge in [0.15, 0.2) is 0 Å². The van der Waals surface area contributed by atoms with Crippen LogP contribution in [-0.4, -0.2) is 6.54 Å². The van der Waals surface area contributed by atoms with Crippen molar-refractivity contribution in [3.05, 3.63) is 35.4 Å². The smallest absolute Gasteiger partial charge is 0.0578 e. The summed E-state index contributed by atoms with van der Waals surface area (Å²) in [6, 6.07) is 8.82. The highest BCUT2D eigenvalue weighted by Gasteiger charge is 2.01. The van der Waals surface area contributed by atoms with E-state index in [1.807, 2.05) is 0 Å². The zero-order valence-electron chi connectivity index (χ0n) is 8.17. The highest BCUT2D eigenvalue weighted by Crippen LogP contribution is 2.12. The molecule has 0 unspecified atom stereocenters. The van der Waals surface area contributed by atoms with E-state index in [4.69, 9.17) is 6.42 Å². The Balaban J connectivity index is 2.62. The van der Waals surface area contributed by atoms with Crippen LogP contribution in [0.15, 0.2) is 24.3 Å². The molecular formula is C12H15N. The molecular weight excluding hydrogens is 158 g/mol. The lowest BCUT2D eigenvalue weighted by Crippen LogP contribution is -2.18. The van der Waals surface area contributed by atoms with Crippen LogP contribution in [0.2, 0.25) is 0 Å². The molecule has 0 aliphatic heterocycles. The van der Waals surface area contributed by atoms with Gasteiger partial charge in [0, 0.05) is 6.04 Å². The van der Waals surface area contributed by atoms with Crippen molar-refractivity contribution in [1.82, 2.24) is 5.32 Å². The fourth-order valence-electron chi connectivity index (χ4n) is 1.18. The zero-order chi connectivity index (χ0) is 9.68. The van der Waals surface area contributed by atoms with Gasteiger partial charge in [-0.2, -0.15) is 0 Å². The van der Waals surface area contributed by atoms with Gasteiger partial charge in [-0.05, 0) is 19.4 Å². The van der Waals surface area contributed by atoms with Gasteiger partial charge in [-0.3, -0.25) is 5.32 Å². The molecule has 0 heterocycles. The van der Waals surface area contributed by atoms with Crippen molar-refractivity contribution >= 4 is 0 Å². The molecule has 1 atom stereocenters. The van der Waals surface area contributed by atoms with Crippen molar-refractivity contribution in [3.8, 4) is 12.3 Å². The fourth-order valence-corrected chi connectivity index (χ4v) is 1.18. The van der Waals surface area contributed by atoms with E-state index in [1.165, 1.54) is 11.1 Å². The third-order valence-electron chi connectivity index (χ3n) is 2.09. The number of benzene rings is 1. The predicted molar refractivity (Wildman–Crippen MR) is 56.4 cm³/mol. The molecule has 0 saturated heterocycles. The summed E-state index contributed by atoms with van der Waals surface area (Å²) in [6.07, 6.45) is 5.17. The van der Waals surface area contributed by atoms with Crippen molar-refractivity contribution in [2.24, 2.45) is 0 Å². The summed E-state index contributed by atoms with van der Waals surface area (Å²) in [5.74, 6) is 2.57. The summed E-state index contributed by atoms with van der Waals surface area (Å²) < 4.78 is 0. The minimum atomic E-state index is 0.330. The number of rotatable bonds is 3. The SMILES string of the molecule is C#CCN[C@H](C)c1ccc(C)cc1. The fraction of sp³-hybridized carbons (Fsp3) is 0.333. The molecule has 0 aromatic heterocycles. The molecule has 0 spiro atoms. The van der Waals surface area contributed by atoms with Crippen molar-refractivity contribution in [2.45, 2.75) is 19.9 Å². The lowest BCUT2D eigenvalue weighted by atomic mass is 10.1. The first-order valence-electron chi connectivity index (χ1n) is 4.47. The van der Waals surface area contributed by atoms with Crippen molar-refractivity contribution in [2.75, 3.05) is 6.54 Å². The minimum Gasteiger partial charge on any atom is -0.300 e. The van der Waals surface area contributed by atoms with Crippen LogP contribution in [0.4, 0.5) is 0 Å². The van der Waals surface area contributed by atoms with Crippen LogP contribution in [0.1, 0.15) is 24.1 Å². The molecule has 13 heavy (non-hydrogen) atoms. The summed E-state index contributed by atoms with van der Waals surface area (Å²) in [5.41, 5.74) is 2.56. The summed E-state index contributed by atoms with van der Waals surface area (Å²) >= 11 is 0. The van der Waals surface area contributed by atoms with Crippen LogP contribution in [0.5, 0.6) is 0 Å². The van der Waals surface area contributed by atoms with Crippen LogP contribution in [-0.2, 0) is 0 Å². The van der Waals surface area contributed by atoms with Crippen LogP contribution in [0.3, 0.4) is 0 Å². The average molecular weight is 173 g/mol. The van der Waals surface area contributed by atoms with E-state index in [0.717, 1.165) is 0 Å². The molecule has 0 saturated carbocycles. The van der Waals surface area contributed by atoms with Gasteiger partial charge in [-0.25, -0.2) is 0 Å². The molecule has 1 nitrogen and oxygen atoms in total. The molecule has 0 bridgehead atoms. The summed E-state index contributed by atoms with van der Waals surface area (Å²) in [7, 11) is 0. The molecule has 1 heteroatoms. The normalized spacial score (nSPS) is 12.1. The van der Waals surface area contributed by atoms with Gasteiger partial charge < -0.3 is 0 Å². The molecule has 0 amide bonds. The Morgan fingerprint density at radius 2 is 2.00 bits per heavy atom. The van der Waals surface area contributed by atoms with Gasteiger partial charge in [-0.1, -0.05) is 35.7 Å². The highest BCUT2D eigenvalue weighted by molar-refractivity contribution is 5.23. The van der Waals surface area contributed by atoms with Crippen LogP contribution in [0.25, 0.3) is 0 Å². The second-order valence-corrected chi connectivity index (χ2v) is 3.22. The van der Waals surface area contributed by atoms with E-state index in [9.17, 15) is 0 Å². The Morgan fingerprint density at radius 1 is 1.38 bits per heavy atom. The van der Waals surface area contributed by atoms with Gasteiger partial charge in [0.1, 0.15) is 0 Å². The largest absolute Gasteiger partial charge is 0.300 e. The van der Waals surface area contributed by atoms with Gasteiger partial charge in [0.25, 0.3) is 0 Å². The molecule has 68 valence electrons. The first-order chi connectivity index (χ1) is 6.24. The van der Waals surface area contributed by atoms with Gasteiger partial charge in [-0.15, -0.1) is 6.42 Å². The molecule has 0 radical (unpaired) electrons. The molecule has 1 aromatic carbocycles. The number of hydrogen-bond donors (Lipinski definition) is 1. The third kappa shape index (κ3) is 2.93. The van der Waals surface area contributed by atoms with E-state index >= 15 is 0 Å². The van der Waals surface area contributed by atoms with E-state index < -0.39 is 0 Å². The Kier molecular flexibility index (Phi) is 3.54. The summed E-state index contributed by atoms with van der Waals surface area (Å²) in [4.78, 5) is 0. The first-order valence-corrected chi connectivity index (χ1v) is 4.47. The van der Waals surface area contributed by atoms with Gasteiger partial charge in [0.2, 0.25) is 0 Å². The lowest BCUT2D eigenvalue weighted by molar-refractivity contribution is 0.623. The topological polar surface area (TPSA) is 12.0 Å². The van der Waals surface area contributed by atoms with E-state index in [0.29, 0.717) is 12.6 Å². The first kappa shape index (κ1) is 9.83. The molecule has 0 fully saturated rings. The summed E-state index contributed by atoms with van der Waals surface area (Å²) in [5, 5.41) is 3.23. The van der Waals surface area contributed by atoms with Gasteiger partial charge in [0.05, 0.1) is 6.54 Å². The molecule has 0 aliphatic rings. The Morgan fingerprint density at radius 3 is 2.54 bits per heavy atom. The Bertz CT molecular complexity index is 292. The maximum atomic E-state index is 5.17. The van der Waals surface area contributed by atoms with E-state index in [2.05, 4.69) is 49.4 Å². The predicted octanol–water partition coefficient (Wildman–Crippen LogP) is 2.28. The summed E-state index contributed by atoms with van der Waals surface area (Å²) in [6.45, 7) is 4.82. The number of nitrogens with one attached hydrogen (secondary N) is 1. The number of hydrogen-bond acceptors (Lipinski definition) is 1. The van der Waals surface area contributed by atoms with Crippen molar-refractivity contribution in [1.29, 1.82) is 0 Å². The quantitative estimate of drug-likeness (QED) is 0.691. The lowest BCUT2D eigenvalue weighted by Gasteiger charge is -2.11. The monoisotopic (exact) mass is 173 g/mol. The van der Waals surface area contributed by atoms with Gasteiger partial charge >= 0.3 is 0 Å². The maximum Gasteiger partial charge on any atom is 0.0578 e. The van der Waals surface area contributed by atoms with Crippen LogP contribution >= 0.6 is 0 Å². The minimum absolute atomic E-state index is 0.330. The second-order valence-electron chi connectivity index (χ2n) is 3.22. The van der Waals surface area contributed by atoms with Crippen LogP contribution < -0.4 is 5.32 Å². The van der Waals surface area contributed by atoms with E-state index in [-0.39, 0.29) is 0 Å². The molecule has 1 rings (SSSR count). The Hall–Kier alpha value is -1.26. The maximum absolute atomic E-state index is 5.17. The van der Waals surface area contributed by atoms with E-state index in [1.54, 1.807) is 0 Å². The number of terminal acetylenes is 1. The Labute approximate surface area is 80.2 Å². The average Bonchev–Trinajstić information content (AvgIpc) is 2.15. The van der Waals surface area contributed by atoms with Crippen LogP contribution in [0, 0.1) is 19.3 Å². The highest BCUT2D eigenvalue weighted by atomic mass is 14.9. The third-order valence-corrected chi connectivity index (χ3v) is 2.09. The second kappa shape index (κ2) is 4.69. The van der Waals surface area contributed by atoms with Crippen molar-refractivity contribution < 1.29 is 0 Å². The number of aryl methyl sites for hydroxylation is 1. The zero-order valence-corrected chi connectivity index (χ0v) is 8.17. The molecule has 1 N–H and O–H groups in total. The molecule has 1 aromatic rings.